The molecule has 0 spiro atoms. The fraction of sp³-hybridized carbons (Fsp3) is 0.125. The van der Waals surface area contributed by atoms with Crippen LogP contribution in [0.2, 0.25) is 0 Å². The average molecular weight is 238 g/mol. The van der Waals surface area contributed by atoms with E-state index in [0.717, 1.165) is 22.3 Å². The molecule has 2 aromatic rings. The molecule has 0 saturated carbocycles. The highest BCUT2D eigenvalue weighted by Crippen LogP contribution is 2.24. The first kappa shape index (κ1) is 12.1. The van der Waals surface area contributed by atoms with E-state index >= 15 is 0 Å². The van der Waals surface area contributed by atoms with Gasteiger partial charge in [-0.1, -0.05) is 30.7 Å². The second-order valence-corrected chi connectivity index (χ2v) is 3.76. The van der Waals surface area contributed by atoms with Gasteiger partial charge in [-0.2, -0.15) is 0 Å². The molecule has 2 rings (SSSR count). The number of benzene rings is 2. The van der Waals surface area contributed by atoms with Crippen LogP contribution in [0.3, 0.4) is 0 Å². The Bertz CT molecular complexity index is 594. The molecule has 0 heterocycles. The molecule has 0 N–H and O–H groups in total. The van der Waals surface area contributed by atoms with Crippen molar-refractivity contribution in [1.29, 1.82) is 0 Å². The van der Waals surface area contributed by atoms with Crippen molar-refractivity contribution in [2.45, 2.75) is 0 Å². The zero-order valence-electron chi connectivity index (χ0n) is 10.1. The number of hydrogen-bond donors (Lipinski definition) is 0. The van der Waals surface area contributed by atoms with Gasteiger partial charge in [-0.05, 0) is 35.0 Å². The minimum absolute atomic E-state index is 0.284. The van der Waals surface area contributed by atoms with Gasteiger partial charge >= 0.3 is 0 Å². The molecule has 0 bridgehead atoms. The van der Waals surface area contributed by atoms with E-state index in [-0.39, 0.29) is 6.61 Å². The Kier molecular flexibility index (Phi) is 3.88. The van der Waals surface area contributed by atoms with Gasteiger partial charge < -0.3 is 9.47 Å². The molecule has 2 aromatic carbocycles. The van der Waals surface area contributed by atoms with Crippen molar-refractivity contribution in [2.75, 3.05) is 13.2 Å². The Labute approximate surface area is 107 Å². The highest BCUT2D eigenvalue weighted by atomic mass is 16.5. The lowest BCUT2D eigenvalue weighted by atomic mass is 10.1. The summed E-state index contributed by atoms with van der Waals surface area (Å²) in [4.78, 5) is 0. The van der Waals surface area contributed by atoms with E-state index in [1.807, 2.05) is 36.4 Å². The van der Waals surface area contributed by atoms with Gasteiger partial charge in [-0.15, -0.1) is 6.42 Å². The van der Waals surface area contributed by atoms with Crippen molar-refractivity contribution in [1.82, 2.24) is 0 Å². The quantitative estimate of drug-likeness (QED) is 0.587. The van der Waals surface area contributed by atoms with Crippen LogP contribution in [0.25, 0.3) is 10.8 Å². The summed E-state index contributed by atoms with van der Waals surface area (Å²) in [6, 6.07) is 11.8. The molecule has 0 saturated heterocycles. The number of rotatable bonds is 5. The topological polar surface area (TPSA) is 18.5 Å². The Morgan fingerprint density at radius 2 is 1.67 bits per heavy atom. The van der Waals surface area contributed by atoms with E-state index in [1.54, 1.807) is 6.08 Å². The van der Waals surface area contributed by atoms with Crippen LogP contribution in [0, 0.1) is 12.3 Å². The lowest BCUT2D eigenvalue weighted by molar-refractivity contribution is 0.363. The van der Waals surface area contributed by atoms with Crippen molar-refractivity contribution in [2.24, 2.45) is 0 Å². The van der Waals surface area contributed by atoms with Gasteiger partial charge in [0.05, 0.1) is 0 Å². The molecule has 0 atom stereocenters. The second kappa shape index (κ2) is 5.79. The molecule has 0 radical (unpaired) electrons. The maximum absolute atomic E-state index is 5.48. The van der Waals surface area contributed by atoms with Crippen LogP contribution in [-0.4, -0.2) is 13.2 Å². The maximum atomic E-state index is 5.48. The van der Waals surface area contributed by atoms with Crippen molar-refractivity contribution < 1.29 is 9.47 Å². The zero-order valence-corrected chi connectivity index (χ0v) is 10.1. The lowest BCUT2D eigenvalue weighted by Gasteiger charge is -2.07. The molecule has 2 nitrogen and oxygen atoms in total. The van der Waals surface area contributed by atoms with Crippen LogP contribution < -0.4 is 9.47 Å². The predicted octanol–water partition coefficient (Wildman–Crippen LogP) is 3.42. The third kappa shape index (κ3) is 2.83. The molecule has 0 unspecified atom stereocenters. The summed E-state index contributed by atoms with van der Waals surface area (Å²) in [5.41, 5.74) is 0. The predicted molar refractivity (Wildman–Crippen MR) is 74.0 cm³/mol. The minimum atomic E-state index is 0.284. The monoisotopic (exact) mass is 238 g/mol. The van der Waals surface area contributed by atoms with Crippen molar-refractivity contribution in [3.8, 4) is 23.8 Å². The first-order chi connectivity index (χ1) is 8.83. The van der Waals surface area contributed by atoms with Gasteiger partial charge in [0, 0.05) is 0 Å². The number of hydrogen-bond acceptors (Lipinski definition) is 2. The molecule has 90 valence electrons. The van der Waals surface area contributed by atoms with Gasteiger partial charge in [-0.3, -0.25) is 0 Å². The summed E-state index contributed by atoms with van der Waals surface area (Å²) in [5, 5.41) is 2.19. The molecule has 18 heavy (non-hydrogen) atoms. The first-order valence-corrected chi connectivity index (χ1v) is 5.67. The minimum Gasteiger partial charge on any atom is -0.490 e. The fourth-order valence-corrected chi connectivity index (χ4v) is 1.66. The third-order valence-corrected chi connectivity index (χ3v) is 2.47. The fourth-order valence-electron chi connectivity index (χ4n) is 1.66. The standard InChI is InChI=1S/C16H14O2/c1-3-9-17-15-7-5-14-12-16(18-10-4-2)8-6-13(14)11-15/h1,4-8,11-12H,2,9-10H2. The van der Waals surface area contributed by atoms with Gasteiger partial charge in [0.1, 0.15) is 24.7 Å². The smallest absolute Gasteiger partial charge is 0.148 e. The van der Waals surface area contributed by atoms with E-state index in [1.165, 1.54) is 0 Å². The van der Waals surface area contributed by atoms with E-state index in [4.69, 9.17) is 15.9 Å². The van der Waals surface area contributed by atoms with Crippen molar-refractivity contribution in [3.63, 3.8) is 0 Å². The number of ether oxygens (including phenoxy) is 2. The average Bonchev–Trinajstić information content (AvgIpc) is 2.42. The van der Waals surface area contributed by atoms with Crippen molar-refractivity contribution in [3.05, 3.63) is 49.1 Å². The SMILES string of the molecule is C#CCOc1ccc2cc(OCC=C)ccc2c1. The summed E-state index contributed by atoms with van der Waals surface area (Å²) >= 11 is 0. The summed E-state index contributed by atoms with van der Waals surface area (Å²) in [6.07, 6.45) is 6.88. The van der Waals surface area contributed by atoms with Crippen LogP contribution in [0.4, 0.5) is 0 Å². The summed E-state index contributed by atoms with van der Waals surface area (Å²) in [6.45, 7) is 4.41. The summed E-state index contributed by atoms with van der Waals surface area (Å²) in [5.74, 6) is 4.06. The zero-order chi connectivity index (χ0) is 12.8. The van der Waals surface area contributed by atoms with Crippen LogP contribution in [0.1, 0.15) is 0 Å². The van der Waals surface area contributed by atoms with Gasteiger partial charge in [0.15, 0.2) is 0 Å². The lowest BCUT2D eigenvalue weighted by Crippen LogP contribution is -1.94. The van der Waals surface area contributed by atoms with Crippen molar-refractivity contribution >= 4 is 10.8 Å². The Balaban J connectivity index is 2.24. The second-order valence-electron chi connectivity index (χ2n) is 3.76. The summed E-state index contributed by atoms with van der Waals surface area (Å²) < 4.78 is 10.9. The first-order valence-electron chi connectivity index (χ1n) is 5.67. The van der Waals surface area contributed by atoms with Crippen LogP contribution >= 0.6 is 0 Å². The summed E-state index contributed by atoms with van der Waals surface area (Å²) in [7, 11) is 0. The molecule has 0 aromatic heterocycles. The molecular weight excluding hydrogens is 224 g/mol. The largest absolute Gasteiger partial charge is 0.490 e. The molecule has 0 aliphatic carbocycles. The van der Waals surface area contributed by atoms with E-state index in [0.29, 0.717) is 6.61 Å². The Morgan fingerprint density at radius 1 is 1.06 bits per heavy atom. The van der Waals surface area contributed by atoms with E-state index in [9.17, 15) is 0 Å². The van der Waals surface area contributed by atoms with E-state index < -0.39 is 0 Å². The third-order valence-electron chi connectivity index (χ3n) is 2.47. The molecule has 0 aliphatic heterocycles. The normalized spacial score (nSPS) is 9.72. The number of fused-ring (bicyclic) bond motifs is 1. The Morgan fingerprint density at radius 3 is 2.22 bits per heavy atom. The number of terminal acetylenes is 1. The Hall–Kier alpha value is -2.40. The van der Waals surface area contributed by atoms with Gasteiger partial charge in [0.2, 0.25) is 0 Å². The van der Waals surface area contributed by atoms with Gasteiger partial charge in [0.25, 0.3) is 0 Å². The molecule has 0 amide bonds. The molecule has 0 fully saturated rings. The molecular formula is C16H14O2. The van der Waals surface area contributed by atoms with Crippen LogP contribution in [0.5, 0.6) is 11.5 Å². The van der Waals surface area contributed by atoms with E-state index in [2.05, 4.69) is 12.5 Å². The van der Waals surface area contributed by atoms with Crippen LogP contribution in [0.15, 0.2) is 49.1 Å². The molecule has 2 heteroatoms. The van der Waals surface area contributed by atoms with Crippen LogP contribution in [-0.2, 0) is 0 Å². The van der Waals surface area contributed by atoms with Gasteiger partial charge in [-0.25, -0.2) is 0 Å². The maximum Gasteiger partial charge on any atom is 0.148 e. The highest BCUT2D eigenvalue weighted by molar-refractivity contribution is 5.85. The highest BCUT2D eigenvalue weighted by Gasteiger charge is 1.99. The molecule has 0 aliphatic rings.